The molecule has 0 bridgehead atoms. The highest BCUT2D eigenvalue weighted by molar-refractivity contribution is 6.01. The van der Waals surface area contributed by atoms with Crippen molar-refractivity contribution < 1.29 is 19.0 Å². The molecular weight excluding hydrogens is 368 g/mol. The summed E-state index contributed by atoms with van der Waals surface area (Å²) in [5, 5.41) is 6.97. The Balaban J connectivity index is 1.75. The van der Waals surface area contributed by atoms with Crippen LogP contribution in [0, 0.1) is 0 Å². The molecule has 6 nitrogen and oxygen atoms in total. The maximum atomic E-state index is 13.2. The molecule has 29 heavy (non-hydrogen) atoms. The monoisotopic (exact) mass is 394 g/mol. The average molecular weight is 394 g/mol. The van der Waals surface area contributed by atoms with Crippen molar-refractivity contribution in [2.75, 3.05) is 32.0 Å². The number of nitrogens with one attached hydrogen (secondary N) is 2. The van der Waals surface area contributed by atoms with E-state index in [9.17, 15) is 4.79 Å². The van der Waals surface area contributed by atoms with Crippen LogP contribution in [0.5, 0.6) is 17.2 Å². The van der Waals surface area contributed by atoms with Crippen molar-refractivity contribution in [1.29, 1.82) is 0 Å². The molecule has 0 spiro atoms. The molecule has 0 aromatic heterocycles. The third kappa shape index (κ3) is 3.28. The van der Waals surface area contributed by atoms with Crippen molar-refractivity contribution >= 4 is 17.2 Å². The minimum absolute atomic E-state index is 0.0130. The van der Waals surface area contributed by atoms with Crippen LogP contribution in [0.1, 0.15) is 31.2 Å². The van der Waals surface area contributed by atoms with E-state index in [1.54, 1.807) is 21.3 Å². The summed E-state index contributed by atoms with van der Waals surface area (Å²) in [6.07, 6.45) is 1.14. The molecule has 2 N–H and O–H groups in total. The number of fused-ring (bicyclic) bond motifs is 1. The van der Waals surface area contributed by atoms with Gasteiger partial charge in [0.1, 0.15) is 0 Å². The van der Waals surface area contributed by atoms with E-state index in [1.165, 1.54) is 0 Å². The van der Waals surface area contributed by atoms with Gasteiger partial charge in [-0.25, -0.2) is 0 Å². The first-order valence-electron chi connectivity index (χ1n) is 9.75. The zero-order chi connectivity index (χ0) is 20.5. The van der Waals surface area contributed by atoms with Crippen LogP contribution in [0.25, 0.3) is 0 Å². The van der Waals surface area contributed by atoms with E-state index in [0.717, 1.165) is 28.2 Å². The van der Waals surface area contributed by atoms with Gasteiger partial charge in [-0.2, -0.15) is 0 Å². The van der Waals surface area contributed by atoms with Gasteiger partial charge in [-0.15, -0.1) is 0 Å². The lowest BCUT2D eigenvalue weighted by Crippen LogP contribution is -2.29. The number of carbonyl (C=O) groups excluding carboxylic acids is 1. The van der Waals surface area contributed by atoms with Crippen LogP contribution < -0.4 is 24.8 Å². The van der Waals surface area contributed by atoms with Gasteiger partial charge in [0.15, 0.2) is 17.3 Å². The number of benzene rings is 2. The maximum Gasteiger partial charge on any atom is 0.203 e. The number of ether oxygens (including phenoxy) is 3. The molecule has 152 valence electrons. The zero-order valence-electron chi connectivity index (χ0n) is 17.2. The summed E-state index contributed by atoms with van der Waals surface area (Å²) in [6, 6.07) is 11.8. The molecule has 1 aliphatic heterocycles. The number of Topliss-reactive ketones (excluding diaryl/α,β-unsaturated/α-hetero) is 1. The second-order valence-electron chi connectivity index (χ2n) is 7.38. The fraction of sp³-hybridized carbons (Fsp3) is 0.348. The molecule has 6 heteroatoms. The summed E-state index contributed by atoms with van der Waals surface area (Å²) in [5.41, 5.74) is 4.73. The second kappa shape index (κ2) is 7.70. The molecule has 0 fully saturated rings. The number of anilines is 2. The second-order valence-corrected chi connectivity index (χ2v) is 7.38. The van der Waals surface area contributed by atoms with Crippen LogP contribution in [0.2, 0.25) is 0 Å². The summed E-state index contributed by atoms with van der Waals surface area (Å²) in [5.74, 6) is 1.91. The van der Waals surface area contributed by atoms with E-state index >= 15 is 0 Å². The smallest absolute Gasteiger partial charge is 0.203 e. The van der Waals surface area contributed by atoms with Gasteiger partial charge in [0.2, 0.25) is 5.75 Å². The van der Waals surface area contributed by atoms with Crippen LogP contribution in [-0.2, 0) is 4.79 Å². The third-order valence-corrected chi connectivity index (χ3v) is 5.70. The lowest BCUT2D eigenvalue weighted by molar-refractivity contribution is -0.116. The number of para-hydroxylation sites is 2. The highest BCUT2D eigenvalue weighted by atomic mass is 16.5. The molecule has 0 saturated carbocycles. The van der Waals surface area contributed by atoms with E-state index < -0.39 is 0 Å². The van der Waals surface area contributed by atoms with Gasteiger partial charge in [-0.3, -0.25) is 4.79 Å². The molecule has 2 aromatic carbocycles. The maximum absolute atomic E-state index is 13.2. The normalized spacial score (nSPS) is 20.6. The van der Waals surface area contributed by atoms with Crippen LogP contribution in [0.4, 0.5) is 11.4 Å². The van der Waals surface area contributed by atoms with Gasteiger partial charge in [-0.1, -0.05) is 18.2 Å². The Morgan fingerprint density at radius 1 is 0.897 bits per heavy atom. The van der Waals surface area contributed by atoms with Crippen LogP contribution in [-0.4, -0.2) is 33.2 Å². The fourth-order valence-corrected chi connectivity index (χ4v) is 4.40. The van der Waals surface area contributed by atoms with Gasteiger partial charge in [-0.05, 0) is 31.5 Å². The molecule has 0 amide bonds. The van der Waals surface area contributed by atoms with Gasteiger partial charge in [0.05, 0.1) is 38.7 Å². The molecule has 2 aromatic rings. The lowest BCUT2D eigenvalue weighted by atomic mass is 9.79. The van der Waals surface area contributed by atoms with Crippen LogP contribution >= 0.6 is 0 Å². The van der Waals surface area contributed by atoms with Crippen molar-refractivity contribution in [1.82, 2.24) is 0 Å². The predicted octanol–water partition coefficient (Wildman–Crippen LogP) is 4.34. The largest absolute Gasteiger partial charge is 0.493 e. The standard InChI is InChI=1S/C23H26N2O4/c1-13-21-18(25-17-8-6-5-7-16(17)24-13)11-14(12-19(21)26)15-9-10-20(27-2)23(29-4)22(15)28-3/h5-10,13-14,24-25H,11-12H2,1-4H3. The Hall–Kier alpha value is -3.15. The van der Waals surface area contributed by atoms with Gasteiger partial charge in [0, 0.05) is 29.2 Å². The third-order valence-electron chi connectivity index (χ3n) is 5.70. The first-order valence-corrected chi connectivity index (χ1v) is 9.75. The van der Waals surface area contributed by atoms with Crippen LogP contribution in [0.15, 0.2) is 47.7 Å². The Morgan fingerprint density at radius 3 is 2.31 bits per heavy atom. The van der Waals surface area contributed by atoms with Gasteiger partial charge >= 0.3 is 0 Å². The van der Waals surface area contributed by atoms with Gasteiger partial charge in [0.25, 0.3) is 0 Å². The number of hydrogen-bond acceptors (Lipinski definition) is 6. The SMILES string of the molecule is COc1ccc(C2CC(=O)C3=C(C2)Nc2ccccc2NC3C)c(OC)c1OC. The number of allylic oxidation sites excluding steroid dienone is 1. The van der Waals surface area contributed by atoms with Crippen molar-refractivity contribution in [3.05, 3.63) is 53.2 Å². The van der Waals surface area contributed by atoms with E-state index in [2.05, 4.69) is 10.6 Å². The molecule has 1 aliphatic carbocycles. The number of methoxy groups -OCH3 is 3. The number of ketones is 1. The van der Waals surface area contributed by atoms with E-state index in [-0.39, 0.29) is 17.7 Å². The Labute approximate surface area is 170 Å². The first-order chi connectivity index (χ1) is 14.1. The number of rotatable bonds is 4. The minimum Gasteiger partial charge on any atom is -0.493 e. The van der Waals surface area contributed by atoms with E-state index in [1.807, 2.05) is 43.3 Å². The average Bonchev–Trinajstić information content (AvgIpc) is 2.87. The first kappa shape index (κ1) is 19.2. The summed E-state index contributed by atoms with van der Waals surface area (Å²) < 4.78 is 16.6. The topological polar surface area (TPSA) is 68.8 Å². The molecule has 0 saturated heterocycles. The number of carbonyl (C=O) groups is 1. The van der Waals surface area contributed by atoms with Gasteiger partial charge < -0.3 is 24.8 Å². The predicted molar refractivity (Wildman–Crippen MR) is 113 cm³/mol. The van der Waals surface area contributed by atoms with Crippen molar-refractivity contribution in [3.63, 3.8) is 0 Å². The fourth-order valence-electron chi connectivity index (χ4n) is 4.40. The minimum atomic E-state index is -0.0538. The molecule has 2 unspecified atom stereocenters. The zero-order valence-corrected chi connectivity index (χ0v) is 17.2. The van der Waals surface area contributed by atoms with E-state index in [0.29, 0.717) is 30.1 Å². The molecule has 2 aliphatic rings. The molecule has 4 rings (SSSR count). The van der Waals surface area contributed by atoms with Crippen molar-refractivity contribution in [2.24, 2.45) is 0 Å². The highest BCUT2D eigenvalue weighted by Crippen LogP contribution is 2.47. The number of hydrogen-bond donors (Lipinski definition) is 2. The van der Waals surface area contributed by atoms with E-state index in [4.69, 9.17) is 14.2 Å². The summed E-state index contributed by atoms with van der Waals surface area (Å²) in [7, 11) is 4.80. The summed E-state index contributed by atoms with van der Waals surface area (Å²) >= 11 is 0. The quantitative estimate of drug-likeness (QED) is 0.804. The molecular formula is C23H26N2O4. The van der Waals surface area contributed by atoms with Crippen molar-refractivity contribution in [2.45, 2.75) is 31.7 Å². The summed E-state index contributed by atoms with van der Waals surface area (Å²) in [4.78, 5) is 13.2. The van der Waals surface area contributed by atoms with Crippen molar-refractivity contribution in [3.8, 4) is 17.2 Å². The molecule has 1 heterocycles. The Kier molecular flexibility index (Phi) is 5.09. The molecule has 2 atom stereocenters. The Bertz CT molecular complexity index is 983. The van der Waals surface area contributed by atoms with Crippen LogP contribution in [0.3, 0.4) is 0 Å². The highest BCUT2D eigenvalue weighted by Gasteiger charge is 2.35. The lowest BCUT2D eigenvalue weighted by Gasteiger charge is -2.29. The summed E-state index contributed by atoms with van der Waals surface area (Å²) in [6.45, 7) is 2.04. The Morgan fingerprint density at radius 2 is 1.62 bits per heavy atom. The molecule has 0 radical (unpaired) electrons.